The van der Waals surface area contributed by atoms with Gasteiger partial charge in [0.2, 0.25) is 0 Å². The molecule has 1 aliphatic rings. The van der Waals surface area contributed by atoms with E-state index < -0.39 is 0 Å². The fourth-order valence-corrected chi connectivity index (χ4v) is 3.23. The molecule has 3 rings (SSSR count). The van der Waals surface area contributed by atoms with Crippen LogP contribution in [0.5, 0.6) is 0 Å². The lowest BCUT2D eigenvalue weighted by atomic mass is 9.95. The second-order valence-corrected chi connectivity index (χ2v) is 6.76. The van der Waals surface area contributed by atoms with Crippen molar-refractivity contribution in [2.75, 3.05) is 10.6 Å². The molecule has 0 spiro atoms. The van der Waals surface area contributed by atoms with E-state index in [1.165, 1.54) is 32.1 Å². The van der Waals surface area contributed by atoms with Crippen molar-refractivity contribution in [1.82, 2.24) is 9.97 Å². The monoisotopic (exact) mass is 350 g/mol. The molecule has 2 N–H and O–H groups in total. The Labute approximate surface area is 146 Å². The molecule has 0 amide bonds. The van der Waals surface area contributed by atoms with Crippen molar-refractivity contribution in [2.45, 2.75) is 45.1 Å². The summed E-state index contributed by atoms with van der Waals surface area (Å²) in [7, 11) is 0. The highest BCUT2D eigenvalue weighted by atomic mass is 35.5. The molecule has 0 saturated heterocycles. The first kappa shape index (κ1) is 16.3. The molecule has 0 radical (unpaired) electrons. The zero-order valence-corrected chi connectivity index (χ0v) is 14.6. The van der Waals surface area contributed by atoms with Gasteiger partial charge in [0.25, 0.3) is 0 Å². The standard InChI is InChI=1S/C17H20Cl2N4/c1-11-20-16(22-13-5-3-2-4-6-13)10-17(21-11)23-15-9-12(18)7-8-14(15)19/h7-10,13H,2-6H2,1H3,(H2,20,21,22,23). The van der Waals surface area contributed by atoms with Crippen molar-refractivity contribution >= 4 is 40.5 Å². The van der Waals surface area contributed by atoms with Gasteiger partial charge in [-0.25, -0.2) is 9.97 Å². The quantitative estimate of drug-likeness (QED) is 0.755. The molecule has 0 atom stereocenters. The van der Waals surface area contributed by atoms with Crippen LogP contribution in [0.15, 0.2) is 24.3 Å². The Morgan fingerprint density at radius 2 is 1.74 bits per heavy atom. The van der Waals surface area contributed by atoms with E-state index >= 15 is 0 Å². The zero-order chi connectivity index (χ0) is 16.2. The van der Waals surface area contributed by atoms with Crippen LogP contribution < -0.4 is 10.6 Å². The normalized spacial score (nSPS) is 15.4. The first-order valence-electron chi connectivity index (χ1n) is 7.94. The Morgan fingerprint density at radius 1 is 1.00 bits per heavy atom. The SMILES string of the molecule is Cc1nc(Nc2cc(Cl)ccc2Cl)cc(NC2CCCCC2)n1. The number of halogens is 2. The Kier molecular flexibility index (Phi) is 5.23. The summed E-state index contributed by atoms with van der Waals surface area (Å²) < 4.78 is 0. The second kappa shape index (κ2) is 7.37. The van der Waals surface area contributed by atoms with Crippen molar-refractivity contribution < 1.29 is 0 Å². The molecule has 6 heteroatoms. The second-order valence-electron chi connectivity index (χ2n) is 5.91. The molecule has 0 bridgehead atoms. The van der Waals surface area contributed by atoms with Crippen molar-refractivity contribution in [3.63, 3.8) is 0 Å². The van der Waals surface area contributed by atoms with Crippen molar-refractivity contribution in [2.24, 2.45) is 0 Å². The van der Waals surface area contributed by atoms with Crippen LogP contribution in [0.2, 0.25) is 10.0 Å². The molecule has 1 fully saturated rings. The van der Waals surface area contributed by atoms with E-state index in [1.54, 1.807) is 18.2 Å². The third kappa shape index (κ3) is 4.49. The highest BCUT2D eigenvalue weighted by molar-refractivity contribution is 6.35. The van der Waals surface area contributed by atoms with Gasteiger partial charge in [-0.15, -0.1) is 0 Å². The molecule has 1 aromatic carbocycles. The lowest BCUT2D eigenvalue weighted by Crippen LogP contribution is -2.23. The Bertz CT molecular complexity index is 684. The van der Waals surface area contributed by atoms with Crippen LogP contribution in [0.1, 0.15) is 37.9 Å². The topological polar surface area (TPSA) is 49.8 Å². The van der Waals surface area contributed by atoms with Gasteiger partial charge in [0.15, 0.2) is 0 Å². The van der Waals surface area contributed by atoms with Crippen LogP contribution in [0.4, 0.5) is 17.3 Å². The fraction of sp³-hybridized carbons (Fsp3) is 0.412. The number of anilines is 3. The third-order valence-electron chi connectivity index (χ3n) is 3.99. The molecule has 1 aliphatic carbocycles. The molecular weight excluding hydrogens is 331 g/mol. The van der Waals surface area contributed by atoms with Crippen LogP contribution in [0.3, 0.4) is 0 Å². The maximum Gasteiger partial charge on any atom is 0.136 e. The van der Waals surface area contributed by atoms with Gasteiger partial charge >= 0.3 is 0 Å². The number of hydrogen-bond acceptors (Lipinski definition) is 4. The maximum absolute atomic E-state index is 6.20. The van der Waals surface area contributed by atoms with Crippen LogP contribution >= 0.6 is 23.2 Å². The predicted octanol–water partition coefficient (Wildman–Crippen LogP) is 5.58. The molecule has 0 aliphatic heterocycles. The summed E-state index contributed by atoms with van der Waals surface area (Å²) in [5.74, 6) is 2.27. The third-order valence-corrected chi connectivity index (χ3v) is 4.55. The number of hydrogen-bond donors (Lipinski definition) is 2. The highest BCUT2D eigenvalue weighted by Gasteiger charge is 2.14. The number of benzene rings is 1. The molecule has 0 unspecified atom stereocenters. The van der Waals surface area contributed by atoms with Crippen LogP contribution in [-0.2, 0) is 0 Å². The fourth-order valence-electron chi connectivity index (χ4n) is 2.89. The summed E-state index contributed by atoms with van der Waals surface area (Å²) in [5.41, 5.74) is 0.737. The molecule has 2 aromatic rings. The van der Waals surface area contributed by atoms with Crippen LogP contribution in [0, 0.1) is 6.92 Å². The van der Waals surface area contributed by atoms with Crippen molar-refractivity contribution in [3.05, 3.63) is 40.1 Å². The van der Waals surface area contributed by atoms with Gasteiger partial charge in [-0.1, -0.05) is 42.5 Å². The average Bonchev–Trinajstić information content (AvgIpc) is 2.51. The lowest BCUT2D eigenvalue weighted by Gasteiger charge is -2.23. The number of nitrogens with zero attached hydrogens (tertiary/aromatic N) is 2. The molecule has 4 nitrogen and oxygen atoms in total. The zero-order valence-electron chi connectivity index (χ0n) is 13.1. The summed E-state index contributed by atoms with van der Waals surface area (Å²) in [4.78, 5) is 8.92. The van der Waals surface area contributed by atoms with Gasteiger partial charge in [0, 0.05) is 17.1 Å². The number of rotatable bonds is 4. The van der Waals surface area contributed by atoms with E-state index in [2.05, 4.69) is 20.6 Å². The number of aromatic nitrogens is 2. The first-order chi connectivity index (χ1) is 11.1. The maximum atomic E-state index is 6.20. The predicted molar refractivity (Wildman–Crippen MR) is 97.0 cm³/mol. The number of nitrogens with one attached hydrogen (secondary N) is 2. The van der Waals surface area contributed by atoms with Crippen molar-refractivity contribution in [1.29, 1.82) is 0 Å². The first-order valence-corrected chi connectivity index (χ1v) is 8.70. The van der Waals surface area contributed by atoms with Gasteiger partial charge in [-0.05, 0) is 38.0 Å². The summed E-state index contributed by atoms with van der Waals surface area (Å²) >= 11 is 12.2. The van der Waals surface area contributed by atoms with Crippen molar-refractivity contribution in [3.8, 4) is 0 Å². The van der Waals surface area contributed by atoms with Crippen LogP contribution in [-0.4, -0.2) is 16.0 Å². The minimum absolute atomic E-state index is 0.501. The van der Waals surface area contributed by atoms with E-state index in [-0.39, 0.29) is 0 Å². The summed E-state index contributed by atoms with van der Waals surface area (Å²) in [5, 5.41) is 7.98. The molecule has 122 valence electrons. The smallest absolute Gasteiger partial charge is 0.136 e. The molecular formula is C17H20Cl2N4. The minimum atomic E-state index is 0.501. The minimum Gasteiger partial charge on any atom is -0.367 e. The summed E-state index contributed by atoms with van der Waals surface area (Å²) in [6.07, 6.45) is 6.30. The van der Waals surface area contributed by atoms with Gasteiger partial charge in [0.05, 0.1) is 10.7 Å². The molecule has 23 heavy (non-hydrogen) atoms. The van der Waals surface area contributed by atoms with Gasteiger partial charge in [0.1, 0.15) is 17.5 Å². The van der Waals surface area contributed by atoms with Gasteiger partial charge in [-0.3, -0.25) is 0 Å². The number of aryl methyl sites for hydroxylation is 1. The lowest BCUT2D eigenvalue weighted by molar-refractivity contribution is 0.462. The highest BCUT2D eigenvalue weighted by Crippen LogP contribution is 2.29. The van der Waals surface area contributed by atoms with Gasteiger partial charge in [-0.2, -0.15) is 0 Å². The van der Waals surface area contributed by atoms with E-state index in [0.29, 0.717) is 27.7 Å². The Morgan fingerprint density at radius 3 is 2.52 bits per heavy atom. The van der Waals surface area contributed by atoms with Gasteiger partial charge < -0.3 is 10.6 Å². The molecule has 1 heterocycles. The Hall–Kier alpha value is -1.52. The average molecular weight is 351 g/mol. The van der Waals surface area contributed by atoms with E-state index in [0.717, 1.165) is 11.5 Å². The molecule has 1 aromatic heterocycles. The summed E-state index contributed by atoms with van der Waals surface area (Å²) in [6.45, 7) is 1.89. The van der Waals surface area contributed by atoms with E-state index in [4.69, 9.17) is 23.2 Å². The molecule has 1 saturated carbocycles. The Balaban J connectivity index is 1.78. The van der Waals surface area contributed by atoms with Crippen LogP contribution in [0.25, 0.3) is 0 Å². The largest absolute Gasteiger partial charge is 0.367 e. The van der Waals surface area contributed by atoms with E-state index in [1.807, 2.05) is 13.0 Å². The van der Waals surface area contributed by atoms with E-state index in [9.17, 15) is 0 Å². The summed E-state index contributed by atoms with van der Waals surface area (Å²) in [6, 6.07) is 7.73.